The van der Waals surface area contributed by atoms with Crippen LogP contribution in [0.3, 0.4) is 0 Å². The number of anilines is 1. The van der Waals surface area contributed by atoms with Crippen LogP contribution in [-0.2, 0) is 9.59 Å². The number of hydrogen-bond donors (Lipinski definition) is 1. The predicted octanol–water partition coefficient (Wildman–Crippen LogP) is 2.99. The van der Waals surface area contributed by atoms with Crippen LogP contribution < -0.4 is 15.0 Å². The smallest absolute Gasteiger partial charge is 0.254 e. The summed E-state index contributed by atoms with van der Waals surface area (Å²) in [5.74, 6) is 0.536. The third-order valence-electron chi connectivity index (χ3n) is 4.18. The summed E-state index contributed by atoms with van der Waals surface area (Å²) < 4.78 is 5.75. The number of hydrogen-bond acceptors (Lipinski definition) is 3. The minimum absolute atomic E-state index is 0.0908. The average molecular weight is 338 g/mol. The molecule has 1 atom stereocenters. The quantitative estimate of drug-likeness (QED) is 0.824. The molecule has 2 aromatic carbocycles. The maximum Gasteiger partial charge on any atom is 0.254 e. The first kappa shape index (κ1) is 17.0. The molecule has 0 aromatic heterocycles. The Bertz CT molecular complexity index is 788. The van der Waals surface area contributed by atoms with Crippen molar-refractivity contribution < 1.29 is 14.3 Å². The standard InChI is InChI=1S/C20H22N2O3/c1-14-7-5-8-16(13-14)25-12-6-11-22-18-10-4-3-9-17(18)19(20(22)24)21-15(2)23/h3-5,7-10,13,19H,6,11-12H2,1-2H3,(H,21,23). The van der Waals surface area contributed by atoms with E-state index in [1.807, 2.05) is 55.5 Å². The van der Waals surface area contributed by atoms with E-state index in [9.17, 15) is 9.59 Å². The monoisotopic (exact) mass is 338 g/mol. The minimum Gasteiger partial charge on any atom is -0.494 e. The van der Waals surface area contributed by atoms with E-state index < -0.39 is 6.04 Å². The van der Waals surface area contributed by atoms with Crippen molar-refractivity contribution in [2.45, 2.75) is 26.3 Å². The van der Waals surface area contributed by atoms with Crippen molar-refractivity contribution in [3.63, 3.8) is 0 Å². The summed E-state index contributed by atoms with van der Waals surface area (Å²) >= 11 is 0. The number of aryl methyl sites for hydroxylation is 1. The van der Waals surface area contributed by atoms with Gasteiger partial charge in [-0.15, -0.1) is 0 Å². The van der Waals surface area contributed by atoms with Gasteiger partial charge in [0.15, 0.2) is 0 Å². The van der Waals surface area contributed by atoms with Gasteiger partial charge < -0.3 is 15.0 Å². The second-order valence-corrected chi connectivity index (χ2v) is 6.20. The van der Waals surface area contributed by atoms with E-state index in [-0.39, 0.29) is 11.8 Å². The first-order chi connectivity index (χ1) is 12.1. The van der Waals surface area contributed by atoms with Gasteiger partial charge in [-0.25, -0.2) is 0 Å². The molecule has 0 aliphatic carbocycles. The Morgan fingerprint density at radius 1 is 1.20 bits per heavy atom. The molecule has 0 spiro atoms. The SMILES string of the molecule is CC(=O)NC1C(=O)N(CCCOc2cccc(C)c2)c2ccccc21. The molecule has 2 amide bonds. The van der Waals surface area contributed by atoms with Gasteiger partial charge in [-0.1, -0.05) is 30.3 Å². The summed E-state index contributed by atoms with van der Waals surface area (Å²) in [6.07, 6.45) is 0.709. The van der Waals surface area contributed by atoms with E-state index in [0.29, 0.717) is 19.6 Å². The van der Waals surface area contributed by atoms with Gasteiger partial charge in [-0.3, -0.25) is 9.59 Å². The number of amides is 2. The van der Waals surface area contributed by atoms with E-state index in [1.54, 1.807) is 4.90 Å². The molecule has 25 heavy (non-hydrogen) atoms. The highest BCUT2D eigenvalue weighted by atomic mass is 16.5. The van der Waals surface area contributed by atoms with Crippen LogP contribution in [0.1, 0.15) is 30.5 Å². The fraction of sp³-hybridized carbons (Fsp3) is 0.300. The maximum atomic E-state index is 12.7. The third kappa shape index (κ3) is 3.82. The number of fused-ring (bicyclic) bond motifs is 1. The lowest BCUT2D eigenvalue weighted by Crippen LogP contribution is -2.37. The van der Waals surface area contributed by atoms with E-state index in [0.717, 1.165) is 22.6 Å². The molecule has 5 heteroatoms. The number of rotatable bonds is 6. The minimum atomic E-state index is -0.591. The van der Waals surface area contributed by atoms with Crippen LogP contribution in [0.4, 0.5) is 5.69 Å². The molecule has 1 unspecified atom stereocenters. The normalized spacial score (nSPS) is 15.8. The molecule has 1 heterocycles. The second-order valence-electron chi connectivity index (χ2n) is 6.20. The zero-order valence-corrected chi connectivity index (χ0v) is 14.5. The van der Waals surface area contributed by atoms with Gasteiger partial charge in [-0.2, -0.15) is 0 Å². The molecule has 0 bridgehead atoms. The number of ether oxygens (including phenoxy) is 1. The van der Waals surface area contributed by atoms with Gasteiger partial charge in [0.2, 0.25) is 5.91 Å². The highest BCUT2D eigenvalue weighted by Gasteiger charge is 2.37. The van der Waals surface area contributed by atoms with Crippen LogP contribution in [0.25, 0.3) is 0 Å². The zero-order chi connectivity index (χ0) is 17.8. The molecule has 1 aliphatic heterocycles. The lowest BCUT2D eigenvalue weighted by atomic mass is 10.1. The molecule has 0 saturated carbocycles. The molecule has 0 fully saturated rings. The van der Waals surface area contributed by atoms with E-state index in [1.165, 1.54) is 6.92 Å². The topological polar surface area (TPSA) is 58.6 Å². The highest BCUT2D eigenvalue weighted by molar-refractivity contribution is 6.06. The van der Waals surface area contributed by atoms with Crippen LogP contribution >= 0.6 is 0 Å². The molecule has 1 N–H and O–H groups in total. The number of carbonyl (C=O) groups is 2. The predicted molar refractivity (Wildman–Crippen MR) is 96.6 cm³/mol. The van der Waals surface area contributed by atoms with Gasteiger partial charge >= 0.3 is 0 Å². The number of carbonyl (C=O) groups excluding carboxylic acids is 2. The summed E-state index contributed by atoms with van der Waals surface area (Å²) in [5.41, 5.74) is 2.86. The first-order valence-electron chi connectivity index (χ1n) is 8.43. The Labute approximate surface area is 147 Å². The average Bonchev–Trinajstić information content (AvgIpc) is 2.84. The number of benzene rings is 2. The van der Waals surface area contributed by atoms with Crippen molar-refractivity contribution in [1.29, 1.82) is 0 Å². The van der Waals surface area contributed by atoms with Gasteiger partial charge in [0.05, 0.1) is 6.61 Å². The Morgan fingerprint density at radius 2 is 2.00 bits per heavy atom. The summed E-state index contributed by atoms with van der Waals surface area (Å²) in [6.45, 7) is 4.53. The molecule has 0 saturated heterocycles. The largest absolute Gasteiger partial charge is 0.494 e. The lowest BCUT2D eigenvalue weighted by Gasteiger charge is -2.18. The van der Waals surface area contributed by atoms with Crippen LogP contribution in [0, 0.1) is 6.92 Å². The summed E-state index contributed by atoms with van der Waals surface area (Å²) in [7, 11) is 0. The van der Waals surface area contributed by atoms with E-state index in [4.69, 9.17) is 4.74 Å². The van der Waals surface area contributed by atoms with E-state index >= 15 is 0 Å². The van der Waals surface area contributed by atoms with Gasteiger partial charge in [-0.05, 0) is 37.1 Å². The third-order valence-corrected chi connectivity index (χ3v) is 4.18. The Balaban J connectivity index is 1.62. The van der Waals surface area contributed by atoms with Crippen molar-refractivity contribution in [3.05, 3.63) is 59.7 Å². The molecule has 2 aromatic rings. The van der Waals surface area contributed by atoms with Gasteiger partial charge in [0.25, 0.3) is 5.91 Å². The van der Waals surface area contributed by atoms with Gasteiger partial charge in [0.1, 0.15) is 11.8 Å². The highest BCUT2D eigenvalue weighted by Crippen LogP contribution is 2.35. The fourth-order valence-electron chi connectivity index (χ4n) is 3.08. The zero-order valence-electron chi connectivity index (χ0n) is 14.5. The van der Waals surface area contributed by atoms with E-state index in [2.05, 4.69) is 5.32 Å². The second kappa shape index (κ2) is 7.38. The molecule has 3 rings (SSSR count). The van der Waals surface area contributed by atoms with Crippen molar-refractivity contribution in [3.8, 4) is 5.75 Å². The van der Waals surface area contributed by atoms with Crippen LogP contribution in [0.2, 0.25) is 0 Å². The summed E-state index contributed by atoms with van der Waals surface area (Å²) in [4.78, 5) is 25.8. The Morgan fingerprint density at radius 3 is 2.76 bits per heavy atom. The van der Waals surface area contributed by atoms with Crippen LogP contribution in [0.15, 0.2) is 48.5 Å². The molecule has 0 radical (unpaired) electrons. The van der Waals surface area contributed by atoms with Crippen molar-refractivity contribution >= 4 is 17.5 Å². The number of nitrogens with one attached hydrogen (secondary N) is 1. The van der Waals surface area contributed by atoms with Gasteiger partial charge in [0, 0.05) is 24.7 Å². The van der Waals surface area contributed by atoms with Crippen LogP contribution in [0.5, 0.6) is 5.75 Å². The number of para-hydroxylation sites is 1. The Hall–Kier alpha value is -2.82. The number of nitrogens with zero attached hydrogens (tertiary/aromatic N) is 1. The molecular formula is C20H22N2O3. The van der Waals surface area contributed by atoms with Crippen molar-refractivity contribution in [1.82, 2.24) is 5.32 Å². The first-order valence-corrected chi connectivity index (χ1v) is 8.43. The fourth-order valence-corrected chi connectivity index (χ4v) is 3.08. The van der Waals surface area contributed by atoms with Crippen molar-refractivity contribution in [2.75, 3.05) is 18.1 Å². The summed E-state index contributed by atoms with van der Waals surface area (Å²) in [6, 6.07) is 14.9. The van der Waals surface area contributed by atoms with Crippen molar-refractivity contribution in [2.24, 2.45) is 0 Å². The lowest BCUT2D eigenvalue weighted by molar-refractivity contribution is -0.126. The maximum absolute atomic E-state index is 12.7. The molecular weight excluding hydrogens is 316 g/mol. The Kier molecular flexibility index (Phi) is 5.03. The summed E-state index contributed by atoms with van der Waals surface area (Å²) in [5, 5.41) is 2.74. The molecule has 5 nitrogen and oxygen atoms in total. The molecule has 130 valence electrons. The van der Waals surface area contributed by atoms with Crippen LogP contribution in [-0.4, -0.2) is 25.0 Å². The molecule has 1 aliphatic rings.